The van der Waals surface area contributed by atoms with Gasteiger partial charge in [0.2, 0.25) is 0 Å². The van der Waals surface area contributed by atoms with Crippen molar-refractivity contribution < 1.29 is 14.3 Å². The quantitative estimate of drug-likeness (QED) is 0.849. The van der Waals surface area contributed by atoms with Crippen LogP contribution in [-0.2, 0) is 4.74 Å². The second kappa shape index (κ2) is 6.98. The van der Waals surface area contributed by atoms with Crippen molar-refractivity contribution in [3.05, 3.63) is 16.3 Å². The van der Waals surface area contributed by atoms with E-state index < -0.39 is 0 Å². The molecule has 0 aliphatic carbocycles. The molecule has 2 aliphatic rings. The number of ether oxygens (including phenoxy) is 2. The van der Waals surface area contributed by atoms with Gasteiger partial charge in [-0.05, 0) is 17.4 Å². The molecule has 5 nitrogen and oxygen atoms in total. The zero-order valence-electron chi connectivity index (χ0n) is 13.3. The van der Waals surface area contributed by atoms with Crippen LogP contribution in [0.15, 0.2) is 11.4 Å². The van der Waals surface area contributed by atoms with Gasteiger partial charge in [0.1, 0.15) is 10.6 Å². The molecule has 1 aromatic rings. The Hall–Kier alpha value is -1.11. The average molecular weight is 324 g/mol. The third-order valence-corrected chi connectivity index (χ3v) is 5.66. The predicted molar refractivity (Wildman–Crippen MR) is 86.7 cm³/mol. The third-order valence-electron chi connectivity index (χ3n) is 4.78. The van der Waals surface area contributed by atoms with Crippen molar-refractivity contribution in [2.45, 2.75) is 19.4 Å². The van der Waals surface area contributed by atoms with Crippen molar-refractivity contribution in [3.8, 4) is 5.75 Å². The fourth-order valence-corrected chi connectivity index (χ4v) is 4.33. The minimum absolute atomic E-state index is 0.112. The standard InChI is InChI=1S/C16H24N2O3S/c1-3-12-10-18(11-13(12)17-5-7-21-8-6-17)16(19)15-14(20-2)4-9-22-15/h4,9,12-13H,3,5-8,10-11H2,1-2H3/t12-,13+/m1/s1. The normalized spacial score (nSPS) is 26.4. The van der Waals surface area contributed by atoms with Gasteiger partial charge in [-0.3, -0.25) is 9.69 Å². The summed E-state index contributed by atoms with van der Waals surface area (Å²) in [5.74, 6) is 1.35. The second-order valence-electron chi connectivity index (χ2n) is 5.91. The third kappa shape index (κ3) is 3.00. The van der Waals surface area contributed by atoms with Gasteiger partial charge in [-0.1, -0.05) is 13.3 Å². The van der Waals surface area contributed by atoms with Crippen LogP contribution in [0.1, 0.15) is 23.0 Å². The van der Waals surface area contributed by atoms with E-state index in [4.69, 9.17) is 9.47 Å². The summed E-state index contributed by atoms with van der Waals surface area (Å²) in [4.78, 5) is 18.0. The van der Waals surface area contributed by atoms with Gasteiger partial charge in [0.25, 0.3) is 5.91 Å². The zero-order chi connectivity index (χ0) is 15.5. The van der Waals surface area contributed by atoms with E-state index in [0.717, 1.165) is 50.7 Å². The summed E-state index contributed by atoms with van der Waals surface area (Å²) in [6.07, 6.45) is 1.10. The molecule has 2 atom stereocenters. The fourth-order valence-electron chi connectivity index (χ4n) is 3.50. The number of methoxy groups -OCH3 is 1. The van der Waals surface area contributed by atoms with Crippen LogP contribution in [0.4, 0.5) is 0 Å². The Morgan fingerprint density at radius 3 is 2.86 bits per heavy atom. The van der Waals surface area contributed by atoms with Crippen molar-refractivity contribution in [1.82, 2.24) is 9.80 Å². The average Bonchev–Trinajstić information content (AvgIpc) is 3.21. The highest BCUT2D eigenvalue weighted by Crippen LogP contribution is 2.31. The van der Waals surface area contributed by atoms with E-state index in [1.807, 2.05) is 16.3 Å². The molecular formula is C16H24N2O3S. The van der Waals surface area contributed by atoms with Gasteiger partial charge in [-0.2, -0.15) is 0 Å². The lowest BCUT2D eigenvalue weighted by molar-refractivity contribution is 0.0103. The summed E-state index contributed by atoms with van der Waals surface area (Å²) in [7, 11) is 1.62. The zero-order valence-corrected chi connectivity index (χ0v) is 14.1. The molecule has 3 heterocycles. The Labute approximate surface area is 135 Å². The van der Waals surface area contributed by atoms with Gasteiger partial charge < -0.3 is 14.4 Å². The molecule has 1 aromatic heterocycles. The number of thiophene rings is 1. The monoisotopic (exact) mass is 324 g/mol. The van der Waals surface area contributed by atoms with Gasteiger partial charge in [-0.15, -0.1) is 11.3 Å². The van der Waals surface area contributed by atoms with Gasteiger partial charge >= 0.3 is 0 Å². The summed E-state index contributed by atoms with van der Waals surface area (Å²) < 4.78 is 10.8. The maximum absolute atomic E-state index is 12.8. The summed E-state index contributed by atoms with van der Waals surface area (Å²) in [5.41, 5.74) is 0. The molecule has 0 saturated carbocycles. The van der Waals surface area contributed by atoms with Crippen LogP contribution in [0.2, 0.25) is 0 Å². The molecule has 2 saturated heterocycles. The number of nitrogens with zero attached hydrogens (tertiary/aromatic N) is 2. The van der Waals surface area contributed by atoms with E-state index in [1.165, 1.54) is 11.3 Å². The lowest BCUT2D eigenvalue weighted by atomic mass is 9.99. The Morgan fingerprint density at radius 1 is 1.41 bits per heavy atom. The maximum Gasteiger partial charge on any atom is 0.267 e. The predicted octanol–water partition coefficient (Wildman–Crippen LogP) is 1.94. The minimum Gasteiger partial charge on any atom is -0.495 e. The van der Waals surface area contributed by atoms with Gasteiger partial charge in [0.05, 0.1) is 20.3 Å². The molecule has 0 aromatic carbocycles. The number of amides is 1. The molecule has 3 rings (SSSR count). The Morgan fingerprint density at radius 2 is 2.18 bits per heavy atom. The highest BCUT2D eigenvalue weighted by atomic mass is 32.1. The highest BCUT2D eigenvalue weighted by molar-refractivity contribution is 7.12. The van der Waals surface area contributed by atoms with Crippen LogP contribution in [0.25, 0.3) is 0 Å². The van der Waals surface area contributed by atoms with Crippen LogP contribution < -0.4 is 4.74 Å². The molecule has 0 N–H and O–H groups in total. The van der Waals surface area contributed by atoms with Crippen LogP contribution in [0.3, 0.4) is 0 Å². The topological polar surface area (TPSA) is 42.0 Å². The summed E-state index contributed by atoms with van der Waals surface area (Å²) >= 11 is 1.46. The van der Waals surface area contributed by atoms with E-state index in [0.29, 0.717) is 17.7 Å². The lowest BCUT2D eigenvalue weighted by Gasteiger charge is -2.34. The molecule has 0 radical (unpaired) electrons. The molecule has 2 aliphatic heterocycles. The largest absolute Gasteiger partial charge is 0.495 e. The van der Waals surface area contributed by atoms with Crippen molar-refractivity contribution in [2.75, 3.05) is 46.5 Å². The van der Waals surface area contributed by atoms with E-state index in [9.17, 15) is 4.79 Å². The number of hydrogen-bond acceptors (Lipinski definition) is 5. The van der Waals surface area contributed by atoms with Gasteiger partial charge in [0, 0.05) is 32.2 Å². The minimum atomic E-state index is 0.112. The molecule has 0 spiro atoms. The van der Waals surface area contributed by atoms with Crippen LogP contribution in [-0.4, -0.2) is 68.3 Å². The smallest absolute Gasteiger partial charge is 0.267 e. The van der Waals surface area contributed by atoms with Crippen molar-refractivity contribution >= 4 is 17.2 Å². The number of likely N-dealkylation sites (tertiary alicyclic amines) is 1. The molecule has 2 fully saturated rings. The Balaban J connectivity index is 1.72. The summed E-state index contributed by atoms with van der Waals surface area (Å²) in [6.45, 7) is 7.45. The first-order chi connectivity index (χ1) is 10.7. The van der Waals surface area contributed by atoms with Crippen molar-refractivity contribution in [1.29, 1.82) is 0 Å². The van der Waals surface area contributed by atoms with E-state index in [-0.39, 0.29) is 5.91 Å². The summed E-state index contributed by atoms with van der Waals surface area (Å²) in [5, 5.41) is 1.92. The van der Waals surface area contributed by atoms with Crippen LogP contribution in [0.5, 0.6) is 5.75 Å². The number of carbonyl (C=O) groups is 1. The molecular weight excluding hydrogens is 300 g/mol. The number of hydrogen-bond donors (Lipinski definition) is 0. The highest BCUT2D eigenvalue weighted by Gasteiger charge is 2.39. The lowest BCUT2D eigenvalue weighted by Crippen LogP contribution is -2.47. The Kier molecular flexibility index (Phi) is 5.00. The first-order valence-electron chi connectivity index (χ1n) is 7.97. The molecule has 0 bridgehead atoms. The maximum atomic E-state index is 12.8. The van der Waals surface area contributed by atoms with Gasteiger partial charge in [0.15, 0.2) is 0 Å². The van der Waals surface area contributed by atoms with E-state index in [1.54, 1.807) is 7.11 Å². The van der Waals surface area contributed by atoms with Crippen LogP contribution in [0, 0.1) is 5.92 Å². The van der Waals surface area contributed by atoms with E-state index >= 15 is 0 Å². The molecule has 6 heteroatoms. The van der Waals surface area contributed by atoms with Crippen molar-refractivity contribution in [2.24, 2.45) is 5.92 Å². The first kappa shape index (κ1) is 15.8. The van der Waals surface area contributed by atoms with Crippen LogP contribution >= 0.6 is 11.3 Å². The second-order valence-corrected chi connectivity index (χ2v) is 6.83. The summed E-state index contributed by atoms with van der Waals surface area (Å²) in [6, 6.07) is 2.33. The molecule has 22 heavy (non-hydrogen) atoms. The van der Waals surface area contributed by atoms with Gasteiger partial charge in [-0.25, -0.2) is 0 Å². The molecule has 1 amide bonds. The molecule has 0 unspecified atom stereocenters. The Bertz CT molecular complexity index is 513. The SMILES string of the molecule is CC[C@@H]1CN(C(=O)c2sccc2OC)C[C@@H]1N1CCOCC1. The number of morpholine rings is 1. The fraction of sp³-hybridized carbons (Fsp3) is 0.688. The first-order valence-corrected chi connectivity index (χ1v) is 8.85. The molecule has 122 valence electrons. The number of rotatable bonds is 4. The number of carbonyl (C=O) groups excluding carboxylic acids is 1. The van der Waals surface area contributed by atoms with Crippen molar-refractivity contribution in [3.63, 3.8) is 0 Å². The van der Waals surface area contributed by atoms with E-state index in [2.05, 4.69) is 11.8 Å².